The number of halogens is 3. The fourth-order valence-corrected chi connectivity index (χ4v) is 3.35. The van der Waals surface area contributed by atoms with Crippen LogP contribution in [0.1, 0.15) is 23.0 Å². The minimum absolute atomic E-state index is 0.00876. The number of benzene rings is 1. The van der Waals surface area contributed by atoms with Crippen LogP contribution in [0.3, 0.4) is 0 Å². The first-order valence-electron chi connectivity index (χ1n) is 10.5. The number of ether oxygens (including phenoxy) is 2. The predicted molar refractivity (Wildman–Crippen MR) is 113 cm³/mol. The molecule has 4 N–H and O–H groups in total. The summed E-state index contributed by atoms with van der Waals surface area (Å²) in [5.41, 5.74) is -0.496. The van der Waals surface area contributed by atoms with Gasteiger partial charge in [-0.2, -0.15) is 18.2 Å². The third-order valence-electron chi connectivity index (χ3n) is 5.05. The van der Waals surface area contributed by atoms with Crippen LogP contribution in [-0.4, -0.2) is 75.8 Å². The lowest BCUT2D eigenvalue weighted by atomic mass is 10.1. The van der Waals surface area contributed by atoms with Crippen molar-refractivity contribution >= 4 is 17.6 Å². The minimum Gasteiger partial charge on any atom is -0.394 e. The summed E-state index contributed by atoms with van der Waals surface area (Å²) in [6.45, 7) is -1.06. The minimum atomic E-state index is -4.99. The van der Waals surface area contributed by atoms with Crippen LogP contribution in [0.15, 0.2) is 47.4 Å². The van der Waals surface area contributed by atoms with E-state index in [9.17, 15) is 37.8 Å². The molecule has 2 amide bonds. The molecule has 35 heavy (non-hydrogen) atoms. The summed E-state index contributed by atoms with van der Waals surface area (Å²) in [6.07, 6.45) is -8.61. The number of nitrogens with zero attached hydrogens (tertiary/aromatic N) is 2. The van der Waals surface area contributed by atoms with Crippen LogP contribution in [0.2, 0.25) is 0 Å². The number of amides is 2. The molecule has 1 saturated heterocycles. The number of carbonyl (C=O) groups is 2. The number of hydrogen-bond acceptors (Lipinski definition) is 8. The van der Waals surface area contributed by atoms with Crippen LogP contribution in [0.4, 0.5) is 19.0 Å². The molecule has 0 aliphatic carbocycles. The second-order valence-corrected chi connectivity index (χ2v) is 7.50. The van der Waals surface area contributed by atoms with Crippen molar-refractivity contribution in [2.45, 2.75) is 37.1 Å². The van der Waals surface area contributed by atoms with E-state index >= 15 is 0 Å². The maximum Gasteiger partial charge on any atom is 0.471 e. The Hall–Kier alpha value is -3.33. The van der Waals surface area contributed by atoms with Gasteiger partial charge in [-0.25, -0.2) is 4.79 Å². The topological polar surface area (TPSA) is 152 Å². The molecule has 1 aromatic heterocycles. The summed E-state index contributed by atoms with van der Waals surface area (Å²) in [6, 6.07) is 9.58. The predicted octanol–water partition coefficient (Wildman–Crippen LogP) is 0.200. The van der Waals surface area contributed by atoms with Gasteiger partial charge in [-0.15, -0.1) is 0 Å². The van der Waals surface area contributed by atoms with Gasteiger partial charge in [0.1, 0.15) is 24.1 Å². The standard InChI is InChI=1S/C21H23F3N4O7/c22-21(23,24)19(32)25-8-4-10-34-16-13(11-29)35-18(15(16)30)28-9-7-14(27-20(28)33)26-17(31)12-5-2-1-3-6-12/h1-3,5-7,9,13,15-16,18,29-30H,4,8,10-11H2,(H,25,32)(H,26,27,31,33)/t13-,15-,16-,18-/m1/s1. The number of alkyl halides is 3. The summed E-state index contributed by atoms with van der Waals surface area (Å²) >= 11 is 0. The molecule has 4 atom stereocenters. The van der Waals surface area contributed by atoms with Gasteiger partial charge in [0.2, 0.25) is 0 Å². The average molecular weight is 500 g/mol. The van der Waals surface area contributed by atoms with Crippen LogP contribution in [0, 0.1) is 0 Å². The van der Waals surface area contributed by atoms with Gasteiger partial charge in [0, 0.05) is 24.9 Å². The van der Waals surface area contributed by atoms with Crippen LogP contribution >= 0.6 is 0 Å². The lowest BCUT2D eigenvalue weighted by Crippen LogP contribution is -2.39. The molecule has 2 heterocycles. The Kier molecular flexibility index (Phi) is 8.56. The zero-order valence-corrected chi connectivity index (χ0v) is 18.1. The van der Waals surface area contributed by atoms with Gasteiger partial charge in [-0.1, -0.05) is 18.2 Å². The van der Waals surface area contributed by atoms with Crippen molar-refractivity contribution < 1.29 is 42.4 Å². The van der Waals surface area contributed by atoms with Crippen molar-refractivity contribution in [1.82, 2.24) is 14.9 Å². The summed E-state index contributed by atoms with van der Waals surface area (Å²) < 4.78 is 48.5. The van der Waals surface area contributed by atoms with Crippen molar-refractivity contribution in [3.63, 3.8) is 0 Å². The molecular weight excluding hydrogens is 477 g/mol. The van der Waals surface area contributed by atoms with E-state index in [1.807, 2.05) is 0 Å². The number of rotatable bonds is 9. The second-order valence-electron chi connectivity index (χ2n) is 7.50. The zero-order chi connectivity index (χ0) is 25.6. The van der Waals surface area contributed by atoms with E-state index in [1.54, 1.807) is 35.6 Å². The van der Waals surface area contributed by atoms with Crippen molar-refractivity contribution in [2.24, 2.45) is 0 Å². The highest BCUT2D eigenvalue weighted by Crippen LogP contribution is 2.30. The molecule has 1 aliphatic heterocycles. The van der Waals surface area contributed by atoms with Crippen LogP contribution < -0.4 is 16.3 Å². The summed E-state index contributed by atoms with van der Waals surface area (Å²) in [5.74, 6) is -2.59. The van der Waals surface area contributed by atoms with E-state index < -0.39 is 54.8 Å². The summed E-state index contributed by atoms with van der Waals surface area (Å²) in [7, 11) is 0. The smallest absolute Gasteiger partial charge is 0.394 e. The number of hydrogen-bond donors (Lipinski definition) is 4. The molecule has 1 fully saturated rings. The third kappa shape index (κ3) is 6.63. The van der Waals surface area contributed by atoms with Gasteiger partial charge < -0.3 is 30.3 Å². The molecule has 14 heteroatoms. The molecule has 3 rings (SSSR count). The summed E-state index contributed by atoms with van der Waals surface area (Å²) in [5, 5.41) is 24.3. The summed E-state index contributed by atoms with van der Waals surface area (Å²) in [4.78, 5) is 39.3. The largest absolute Gasteiger partial charge is 0.471 e. The van der Waals surface area contributed by atoms with Gasteiger partial charge in [0.15, 0.2) is 6.23 Å². The molecule has 0 saturated carbocycles. The van der Waals surface area contributed by atoms with Crippen molar-refractivity contribution in [2.75, 3.05) is 25.1 Å². The molecule has 11 nitrogen and oxygen atoms in total. The molecule has 1 aromatic carbocycles. The Morgan fingerprint density at radius 3 is 2.54 bits per heavy atom. The maximum atomic E-state index is 12.5. The monoisotopic (exact) mass is 500 g/mol. The number of anilines is 1. The number of nitrogens with one attached hydrogen (secondary N) is 2. The van der Waals surface area contributed by atoms with Crippen molar-refractivity contribution in [3.05, 3.63) is 58.6 Å². The van der Waals surface area contributed by atoms with Crippen LogP contribution in [0.25, 0.3) is 0 Å². The van der Waals surface area contributed by atoms with Gasteiger partial charge in [0.05, 0.1) is 6.61 Å². The van der Waals surface area contributed by atoms with Gasteiger partial charge in [-0.05, 0) is 24.6 Å². The number of aromatic nitrogens is 2. The molecule has 1 aliphatic rings. The quantitative estimate of drug-likeness (QED) is 0.357. The van der Waals surface area contributed by atoms with E-state index in [2.05, 4.69) is 10.3 Å². The number of carbonyl (C=O) groups excluding carboxylic acids is 2. The van der Waals surface area contributed by atoms with E-state index in [-0.39, 0.29) is 25.4 Å². The normalized spacial score (nSPS) is 22.1. The molecule has 0 spiro atoms. The first kappa shape index (κ1) is 26.3. The molecule has 190 valence electrons. The Labute approximate surface area is 196 Å². The van der Waals surface area contributed by atoms with Gasteiger partial charge in [-0.3, -0.25) is 14.2 Å². The second kappa shape index (κ2) is 11.4. The molecule has 0 radical (unpaired) electrons. The third-order valence-corrected chi connectivity index (χ3v) is 5.05. The SMILES string of the molecule is O=C(Nc1ccn([C@@H]2O[C@H](CO)[C@@H](OCCCNC(=O)C(F)(F)F)[C@H]2O)c(=O)n1)c1ccccc1. The fraction of sp³-hybridized carbons (Fsp3) is 0.429. The Balaban J connectivity index is 1.59. The number of aliphatic hydroxyl groups excluding tert-OH is 2. The Bertz CT molecular complexity index is 1080. The average Bonchev–Trinajstić information content (AvgIpc) is 3.14. The highest BCUT2D eigenvalue weighted by Gasteiger charge is 2.45. The number of aliphatic hydroxyl groups is 2. The van der Waals surface area contributed by atoms with Crippen LogP contribution in [0.5, 0.6) is 0 Å². The van der Waals surface area contributed by atoms with Gasteiger partial charge in [0.25, 0.3) is 5.91 Å². The first-order valence-corrected chi connectivity index (χ1v) is 10.5. The van der Waals surface area contributed by atoms with E-state index in [4.69, 9.17) is 9.47 Å². The Morgan fingerprint density at radius 2 is 1.91 bits per heavy atom. The Morgan fingerprint density at radius 1 is 1.20 bits per heavy atom. The molecule has 0 unspecified atom stereocenters. The van der Waals surface area contributed by atoms with Crippen molar-refractivity contribution in [1.29, 1.82) is 0 Å². The highest BCUT2D eigenvalue weighted by molar-refractivity contribution is 6.03. The van der Waals surface area contributed by atoms with E-state index in [0.29, 0.717) is 5.56 Å². The van der Waals surface area contributed by atoms with Crippen molar-refractivity contribution in [3.8, 4) is 0 Å². The van der Waals surface area contributed by atoms with Gasteiger partial charge >= 0.3 is 17.8 Å². The molecule has 2 aromatic rings. The maximum absolute atomic E-state index is 12.5. The van der Waals surface area contributed by atoms with E-state index in [1.165, 1.54) is 12.3 Å². The molecule has 0 bridgehead atoms. The highest BCUT2D eigenvalue weighted by atomic mass is 19.4. The molecular formula is C21H23F3N4O7. The van der Waals surface area contributed by atoms with E-state index in [0.717, 1.165) is 4.57 Å². The zero-order valence-electron chi connectivity index (χ0n) is 18.1. The lowest BCUT2D eigenvalue weighted by Gasteiger charge is -2.20. The van der Waals surface area contributed by atoms with Crippen LogP contribution in [-0.2, 0) is 14.3 Å². The lowest BCUT2D eigenvalue weighted by molar-refractivity contribution is -0.173. The first-order chi connectivity index (χ1) is 16.6. The fourth-order valence-electron chi connectivity index (χ4n) is 3.35.